The van der Waals surface area contributed by atoms with E-state index in [1.54, 1.807) is 0 Å². The van der Waals surface area contributed by atoms with E-state index in [0.717, 1.165) is 19.0 Å². The molecule has 0 amide bonds. The first kappa shape index (κ1) is 16.6. The van der Waals surface area contributed by atoms with Crippen LogP contribution in [0.4, 0.5) is 0 Å². The Labute approximate surface area is 153 Å². The van der Waals surface area contributed by atoms with Crippen molar-refractivity contribution in [3.63, 3.8) is 0 Å². The van der Waals surface area contributed by atoms with Gasteiger partial charge in [0.1, 0.15) is 0 Å². The molecule has 1 aliphatic heterocycles. The lowest BCUT2D eigenvalue weighted by molar-refractivity contribution is 0.346. The monoisotopic (exact) mass is 439 g/mol. The van der Waals surface area contributed by atoms with Crippen molar-refractivity contribution >= 4 is 43.8 Å². The minimum atomic E-state index is 0.717. The van der Waals surface area contributed by atoms with E-state index in [-0.39, 0.29) is 0 Å². The first-order chi connectivity index (χ1) is 10.6. The molecule has 0 saturated carbocycles. The molecule has 0 aliphatic carbocycles. The van der Waals surface area contributed by atoms with E-state index in [4.69, 9.17) is 0 Å². The van der Waals surface area contributed by atoms with Crippen LogP contribution >= 0.6 is 43.8 Å². The number of benzene rings is 2. The zero-order chi connectivity index (χ0) is 15.5. The topological polar surface area (TPSA) is 3.24 Å². The quantitative estimate of drug-likeness (QED) is 0.507. The van der Waals surface area contributed by atoms with Crippen molar-refractivity contribution in [3.8, 4) is 0 Å². The van der Waals surface area contributed by atoms with Gasteiger partial charge in [-0.1, -0.05) is 62.2 Å². The van der Waals surface area contributed by atoms with E-state index < -0.39 is 0 Å². The summed E-state index contributed by atoms with van der Waals surface area (Å²) >= 11 is 9.15. The van der Waals surface area contributed by atoms with Crippen LogP contribution in [-0.2, 0) is 0 Å². The van der Waals surface area contributed by atoms with Crippen molar-refractivity contribution < 1.29 is 0 Å². The van der Waals surface area contributed by atoms with Gasteiger partial charge in [0.2, 0.25) is 0 Å². The summed E-state index contributed by atoms with van der Waals surface area (Å²) in [4.78, 5) is 1.29. The van der Waals surface area contributed by atoms with Gasteiger partial charge in [0.15, 0.2) is 0 Å². The molecule has 1 aliphatic rings. The lowest BCUT2D eigenvalue weighted by atomic mass is 9.90. The van der Waals surface area contributed by atoms with Crippen LogP contribution in [0.15, 0.2) is 56.3 Å². The number of hydrogen-bond acceptors (Lipinski definition) is 2. The van der Waals surface area contributed by atoms with Crippen molar-refractivity contribution in [2.75, 3.05) is 13.1 Å². The van der Waals surface area contributed by atoms with Crippen molar-refractivity contribution in [1.29, 1.82) is 0 Å². The van der Waals surface area contributed by atoms with Crippen LogP contribution in [0.25, 0.3) is 0 Å². The van der Waals surface area contributed by atoms with Gasteiger partial charge in [-0.3, -0.25) is 0 Å². The molecule has 1 saturated heterocycles. The maximum absolute atomic E-state index is 3.64. The number of nitrogens with zero attached hydrogens (tertiary/aromatic N) is 1. The first-order valence-electron chi connectivity index (χ1n) is 7.57. The summed E-state index contributed by atoms with van der Waals surface area (Å²) in [5.41, 5.74) is 2.75. The average molecular weight is 441 g/mol. The van der Waals surface area contributed by atoms with E-state index in [9.17, 15) is 0 Å². The van der Waals surface area contributed by atoms with Gasteiger partial charge in [-0.05, 0) is 60.9 Å². The van der Waals surface area contributed by atoms with Crippen molar-refractivity contribution in [1.82, 2.24) is 4.31 Å². The van der Waals surface area contributed by atoms with E-state index in [1.165, 1.54) is 37.8 Å². The van der Waals surface area contributed by atoms with Gasteiger partial charge >= 0.3 is 0 Å². The fraction of sp³-hybridized carbons (Fsp3) is 0.333. The second-order valence-electron chi connectivity index (χ2n) is 5.72. The molecule has 4 heteroatoms. The third-order valence-corrected chi connectivity index (χ3v) is 6.93. The fourth-order valence-corrected chi connectivity index (χ4v) is 5.35. The summed E-state index contributed by atoms with van der Waals surface area (Å²) in [5.74, 6) is 0.717. The number of piperidine rings is 1. The highest BCUT2D eigenvalue weighted by molar-refractivity contribution is 9.11. The molecule has 2 aromatic carbocycles. The predicted molar refractivity (Wildman–Crippen MR) is 102 cm³/mol. The molecular formula is C18H19Br2NS. The summed E-state index contributed by atoms with van der Waals surface area (Å²) < 4.78 is 4.83. The molecule has 2 aromatic rings. The Kier molecular flexibility index (Phi) is 5.66. The summed E-state index contributed by atoms with van der Waals surface area (Å²) in [6.45, 7) is 4.41. The largest absolute Gasteiger partial charge is 0.246 e. The van der Waals surface area contributed by atoms with Crippen LogP contribution in [0.3, 0.4) is 0 Å². The van der Waals surface area contributed by atoms with E-state index >= 15 is 0 Å². The van der Waals surface area contributed by atoms with Gasteiger partial charge in [-0.2, -0.15) is 0 Å². The zero-order valence-corrected chi connectivity index (χ0v) is 16.5. The lowest BCUT2D eigenvalue weighted by Crippen LogP contribution is -2.27. The number of hydrogen-bond donors (Lipinski definition) is 0. The molecule has 1 nitrogen and oxygen atoms in total. The summed E-state index contributed by atoms with van der Waals surface area (Å²) in [7, 11) is 0. The zero-order valence-electron chi connectivity index (χ0n) is 12.6. The fourth-order valence-electron chi connectivity index (χ4n) is 2.83. The van der Waals surface area contributed by atoms with Gasteiger partial charge in [0, 0.05) is 26.9 Å². The molecule has 0 spiro atoms. The molecule has 0 bridgehead atoms. The highest BCUT2D eigenvalue weighted by Crippen LogP contribution is 2.36. The number of halogens is 2. The molecule has 22 heavy (non-hydrogen) atoms. The Morgan fingerprint density at radius 3 is 2.18 bits per heavy atom. The molecule has 1 fully saturated rings. The van der Waals surface area contributed by atoms with E-state index in [2.05, 4.69) is 85.6 Å². The van der Waals surface area contributed by atoms with Gasteiger partial charge in [-0.25, -0.2) is 4.31 Å². The average Bonchev–Trinajstić information content (AvgIpc) is 2.54. The normalized spacial score (nSPS) is 16.9. The van der Waals surface area contributed by atoms with Crippen LogP contribution in [0.5, 0.6) is 0 Å². The molecule has 0 N–H and O–H groups in total. The predicted octanol–water partition coefficient (Wildman–Crippen LogP) is 6.41. The van der Waals surface area contributed by atoms with Gasteiger partial charge in [0.05, 0.1) is 0 Å². The third kappa shape index (κ3) is 3.97. The van der Waals surface area contributed by atoms with Gasteiger partial charge < -0.3 is 0 Å². The van der Waals surface area contributed by atoms with Crippen LogP contribution in [-0.4, -0.2) is 17.4 Å². The Hall–Kier alpha value is -0.290. The number of rotatable bonds is 3. The Bertz CT molecular complexity index is 614. The molecule has 116 valence electrons. The third-order valence-electron chi connectivity index (χ3n) is 4.21. The van der Waals surface area contributed by atoms with Crippen molar-refractivity contribution in [2.24, 2.45) is 0 Å². The maximum Gasteiger partial charge on any atom is 0.0252 e. The summed E-state index contributed by atoms with van der Waals surface area (Å²) in [6, 6.07) is 15.4. The highest BCUT2D eigenvalue weighted by atomic mass is 79.9. The van der Waals surface area contributed by atoms with Crippen molar-refractivity contribution in [3.05, 3.63) is 62.5 Å². The van der Waals surface area contributed by atoms with Crippen LogP contribution in [0, 0.1) is 6.92 Å². The standard InChI is InChI=1S/C18H19Br2NS/c1-13-17(19)11-16(12-18(13)20)22-21-9-7-15(8-10-21)14-5-3-2-4-6-14/h2-6,11-12,15H,7-10H2,1H3. The molecule has 0 unspecified atom stereocenters. The Balaban J connectivity index is 1.60. The molecule has 0 aromatic heterocycles. The second kappa shape index (κ2) is 7.52. The van der Waals surface area contributed by atoms with Crippen LogP contribution in [0.2, 0.25) is 0 Å². The lowest BCUT2D eigenvalue weighted by Gasteiger charge is -2.31. The minimum absolute atomic E-state index is 0.717. The van der Waals surface area contributed by atoms with Crippen LogP contribution in [0.1, 0.15) is 29.9 Å². The van der Waals surface area contributed by atoms with Gasteiger partial charge in [-0.15, -0.1) is 0 Å². The Morgan fingerprint density at radius 2 is 1.59 bits per heavy atom. The van der Waals surface area contributed by atoms with Gasteiger partial charge in [0.25, 0.3) is 0 Å². The van der Waals surface area contributed by atoms with E-state index in [0.29, 0.717) is 0 Å². The molecule has 0 atom stereocenters. The molecular weight excluding hydrogens is 422 g/mol. The van der Waals surface area contributed by atoms with Crippen LogP contribution < -0.4 is 0 Å². The summed E-state index contributed by atoms with van der Waals surface area (Å²) in [5, 5.41) is 0. The SMILES string of the molecule is Cc1c(Br)cc(SN2CCC(c3ccccc3)CC2)cc1Br. The first-order valence-corrected chi connectivity index (χ1v) is 9.93. The molecule has 1 heterocycles. The molecule has 0 radical (unpaired) electrons. The smallest absolute Gasteiger partial charge is 0.0252 e. The van der Waals surface area contributed by atoms with Crippen molar-refractivity contribution in [2.45, 2.75) is 30.6 Å². The maximum atomic E-state index is 3.64. The Morgan fingerprint density at radius 1 is 1.00 bits per heavy atom. The second-order valence-corrected chi connectivity index (χ2v) is 8.60. The minimum Gasteiger partial charge on any atom is -0.246 e. The summed E-state index contributed by atoms with van der Waals surface area (Å²) in [6.07, 6.45) is 2.48. The molecule has 3 rings (SSSR count). The highest BCUT2D eigenvalue weighted by Gasteiger charge is 2.21. The van der Waals surface area contributed by atoms with E-state index in [1.807, 2.05) is 11.9 Å².